The van der Waals surface area contributed by atoms with Crippen LogP contribution in [0.3, 0.4) is 0 Å². The van der Waals surface area contributed by atoms with Gasteiger partial charge in [-0.15, -0.1) is 0 Å². The van der Waals surface area contributed by atoms with Crippen LogP contribution in [-0.4, -0.2) is 36.5 Å². The van der Waals surface area contributed by atoms with E-state index < -0.39 is 0 Å². The Morgan fingerprint density at radius 1 is 1.25 bits per heavy atom. The maximum Gasteiger partial charge on any atom is 0.324 e. The number of nitrogens with one attached hydrogen (secondary N) is 1. The molecule has 1 saturated heterocycles. The lowest BCUT2D eigenvalue weighted by Gasteiger charge is -2.23. The molecule has 5 heteroatoms. The molecule has 5 nitrogen and oxygen atoms in total. The molecule has 0 spiro atoms. The summed E-state index contributed by atoms with van der Waals surface area (Å²) in [5.74, 6) is 0.271. The van der Waals surface area contributed by atoms with E-state index in [1.165, 1.54) is 16.0 Å². The second-order valence-corrected chi connectivity index (χ2v) is 7.86. The van der Waals surface area contributed by atoms with Crippen LogP contribution in [0.5, 0.6) is 0 Å². The van der Waals surface area contributed by atoms with Crippen LogP contribution in [0.4, 0.5) is 4.79 Å². The van der Waals surface area contributed by atoms with Gasteiger partial charge in [-0.25, -0.2) is 4.79 Å². The van der Waals surface area contributed by atoms with Crippen molar-refractivity contribution in [2.45, 2.75) is 46.1 Å². The number of urea groups is 1. The third-order valence-electron chi connectivity index (χ3n) is 4.58. The highest BCUT2D eigenvalue weighted by Gasteiger charge is 2.29. The van der Waals surface area contributed by atoms with E-state index in [9.17, 15) is 9.59 Å². The molecule has 2 rings (SSSR count). The number of benzene rings is 1. The lowest BCUT2D eigenvalue weighted by atomic mass is 9.85. The van der Waals surface area contributed by atoms with Gasteiger partial charge >= 0.3 is 6.03 Å². The molecule has 0 unspecified atom stereocenters. The molecule has 1 aromatic carbocycles. The third kappa shape index (κ3) is 4.35. The molecule has 1 aliphatic heterocycles. The average Bonchev–Trinajstić information content (AvgIpc) is 2.92. The maximum absolute atomic E-state index is 12.2. The molecule has 0 radical (unpaired) electrons. The number of quaternary nitrogens is 1. The summed E-state index contributed by atoms with van der Waals surface area (Å²) in [4.78, 5) is 25.1. The summed E-state index contributed by atoms with van der Waals surface area (Å²) in [6, 6.07) is 8.60. The highest BCUT2D eigenvalue weighted by Crippen LogP contribution is 2.25. The Labute approximate surface area is 144 Å². The van der Waals surface area contributed by atoms with Crippen molar-refractivity contribution in [2.24, 2.45) is 5.92 Å². The third-order valence-corrected chi connectivity index (χ3v) is 4.58. The fraction of sp³-hybridized carbons (Fsp3) is 0.579. The molecular weight excluding hydrogens is 302 g/mol. The second kappa shape index (κ2) is 7.34. The first-order chi connectivity index (χ1) is 11.2. The van der Waals surface area contributed by atoms with E-state index in [0.29, 0.717) is 19.0 Å². The summed E-state index contributed by atoms with van der Waals surface area (Å²) >= 11 is 0. The summed E-state index contributed by atoms with van der Waals surface area (Å²) in [7, 11) is 0. The van der Waals surface area contributed by atoms with Crippen molar-refractivity contribution in [1.29, 1.82) is 0 Å². The number of nitrogens with two attached hydrogens (primary N) is 1. The van der Waals surface area contributed by atoms with E-state index in [4.69, 9.17) is 0 Å². The molecule has 1 atom stereocenters. The van der Waals surface area contributed by atoms with Crippen LogP contribution in [0.15, 0.2) is 24.3 Å². The van der Waals surface area contributed by atoms with Gasteiger partial charge in [-0.3, -0.25) is 9.69 Å². The van der Waals surface area contributed by atoms with Crippen LogP contribution < -0.4 is 10.6 Å². The fourth-order valence-corrected chi connectivity index (χ4v) is 3.05. The smallest absolute Gasteiger partial charge is 0.324 e. The summed E-state index contributed by atoms with van der Waals surface area (Å²) in [6.07, 6.45) is 0. The Hall–Kier alpha value is -1.88. The number of nitrogens with zero attached hydrogens (tertiary/aromatic N) is 1. The molecule has 0 aromatic heterocycles. The van der Waals surface area contributed by atoms with Gasteiger partial charge in [0.05, 0.1) is 0 Å². The Kier molecular flexibility index (Phi) is 5.65. The highest BCUT2D eigenvalue weighted by atomic mass is 16.2. The lowest BCUT2D eigenvalue weighted by Crippen LogP contribution is -2.88. The van der Waals surface area contributed by atoms with Gasteiger partial charge in [0, 0.05) is 24.6 Å². The van der Waals surface area contributed by atoms with Gasteiger partial charge in [0.25, 0.3) is 5.91 Å². The SMILES string of the molecule is CC(C)[C@@H]([NH2+]CC(=O)N1CCNC1=O)c1ccc(C(C)(C)C)cc1. The van der Waals surface area contributed by atoms with E-state index >= 15 is 0 Å². The van der Waals surface area contributed by atoms with Gasteiger partial charge < -0.3 is 10.6 Å². The first-order valence-corrected chi connectivity index (χ1v) is 8.72. The van der Waals surface area contributed by atoms with Crippen LogP contribution in [0, 0.1) is 5.92 Å². The Morgan fingerprint density at radius 2 is 1.88 bits per heavy atom. The minimum Gasteiger partial charge on any atom is -0.336 e. The molecule has 0 saturated carbocycles. The van der Waals surface area contributed by atoms with Gasteiger partial charge in [-0.1, -0.05) is 58.9 Å². The van der Waals surface area contributed by atoms with E-state index in [0.717, 1.165) is 0 Å². The molecule has 1 heterocycles. The zero-order chi connectivity index (χ0) is 17.9. The zero-order valence-electron chi connectivity index (χ0n) is 15.4. The van der Waals surface area contributed by atoms with Crippen LogP contribution in [0.25, 0.3) is 0 Å². The van der Waals surface area contributed by atoms with Crippen molar-refractivity contribution in [3.05, 3.63) is 35.4 Å². The highest BCUT2D eigenvalue weighted by molar-refractivity contribution is 5.96. The fourth-order valence-electron chi connectivity index (χ4n) is 3.05. The van der Waals surface area contributed by atoms with Gasteiger partial charge in [0.15, 0.2) is 6.54 Å². The molecule has 1 fully saturated rings. The lowest BCUT2D eigenvalue weighted by molar-refractivity contribution is -0.692. The molecule has 0 bridgehead atoms. The Morgan fingerprint density at radius 3 is 2.33 bits per heavy atom. The number of rotatable bonds is 5. The second-order valence-electron chi connectivity index (χ2n) is 7.86. The number of carbonyl (C=O) groups is 2. The number of hydrogen-bond acceptors (Lipinski definition) is 2. The van der Waals surface area contributed by atoms with Crippen molar-refractivity contribution in [2.75, 3.05) is 19.6 Å². The first-order valence-electron chi connectivity index (χ1n) is 8.72. The zero-order valence-corrected chi connectivity index (χ0v) is 15.4. The number of imide groups is 1. The summed E-state index contributed by atoms with van der Waals surface area (Å²) in [5, 5.41) is 4.71. The van der Waals surface area contributed by atoms with Gasteiger partial charge in [-0.2, -0.15) is 0 Å². The van der Waals surface area contributed by atoms with Gasteiger partial charge in [-0.05, 0) is 11.0 Å². The minimum atomic E-state index is -0.274. The molecule has 24 heavy (non-hydrogen) atoms. The molecule has 3 N–H and O–H groups in total. The van der Waals surface area contributed by atoms with Crippen LogP contribution >= 0.6 is 0 Å². The topological polar surface area (TPSA) is 66.0 Å². The molecule has 1 aromatic rings. The number of carbonyl (C=O) groups excluding carboxylic acids is 2. The largest absolute Gasteiger partial charge is 0.336 e. The predicted molar refractivity (Wildman–Crippen MR) is 94.6 cm³/mol. The molecule has 3 amide bonds. The van der Waals surface area contributed by atoms with Crippen LogP contribution in [-0.2, 0) is 10.2 Å². The molecule has 0 aliphatic carbocycles. The van der Waals surface area contributed by atoms with E-state index in [2.05, 4.69) is 64.2 Å². The van der Waals surface area contributed by atoms with Crippen LogP contribution in [0.1, 0.15) is 51.8 Å². The van der Waals surface area contributed by atoms with E-state index in [1.54, 1.807) is 0 Å². The monoisotopic (exact) mass is 332 g/mol. The normalized spacial score (nSPS) is 16.4. The predicted octanol–water partition coefficient (Wildman–Crippen LogP) is 1.80. The van der Waals surface area contributed by atoms with E-state index in [-0.39, 0.29) is 29.9 Å². The van der Waals surface area contributed by atoms with Crippen molar-refractivity contribution in [3.63, 3.8) is 0 Å². The van der Waals surface area contributed by atoms with Crippen LogP contribution in [0.2, 0.25) is 0 Å². The standard InChI is InChI=1S/C19H29N3O2/c1-13(2)17(14-6-8-15(9-7-14)19(3,4)5)21-12-16(23)22-11-10-20-18(22)24/h6-9,13,17,21H,10-12H2,1-5H3,(H,20,24)/p+1/t17-/m1/s1. The molecule has 1 aliphatic rings. The first kappa shape index (κ1) is 18.5. The van der Waals surface area contributed by atoms with Crippen molar-refractivity contribution in [1.82, 2.24) is 10.2 Å². The minimum absolute atomic E-state index is 0.123. The maximum atomic E-state index is 12.2. The summed E-state index contributed by atoms with van der Waals surface area (Å²) in [5.41, 5.74) is 2.66. The quantitative estimate of drug-likeness (QED) is 0.863. The van der Waals surface area contributed by atoms with Crippen molar-refractivity contribution < 1.29 is 14.9 Å². The number of amides is 3. The van der Waals surface area contributed by atoms with Gasteiger partial charge in [0.2, 0.25) is 0 Å². The average molecular weight is 332 g/mol. The summed E-state index contributed by atoms with van der Waals surface area (Å²) in [6.45, 7) is 12.2. The van der Waals surface area contributed by atoms with E-state index in [1.807, 2.05) is 5.32 Å². The summed E-state index contributed by atoms with van der Waals surface area (Å²) < 4.78 is 0. The van der Waals surface area contributed by atoms with Crippen molar-refractivity contribution in [3.8, 4) is 0 Å². The van der Waals surface area contributed by atoms with Crippen molar-refractivity contribution >= 4 is 11.9 Å². The van der Waals surface area contributed by atoms with Gasteiger partial charge in [0.1, 0.15) is 6.04 Å². The molecular formula is C19H30N3O2+. The Balaban J connectivity index is 2.04. The number of hydrogen-bond donors (Lipinski definition) is 2. The Bertz CT molecular complexity index is 588. The molecule has 132 valence electrons.